The van der Waals surface area contributed by atoms with E-state index in [9.17, 15) is 4.79 Å². The second-order valence-corrected chi connectivity index (χ2v) is 6.80. The molecule has 1 aliphatic rings. The van der Waals surface area contributed by atoms with Crippen LogP contribution in [0.1, 0.15) is 35.3 Å². The summed E-state index contributed by atoms with van der Waals surface area (Å²) in [5.41, 5.74) is 7.87. The Balaban J connectivity index is 1.82. The van der Waals surface area contributed by atoms with Crippen LogP contribution in [0.3, 0.4) is 0 Å². The van der Waals surface area contributed by atoms with E-state index >= 15 is 0 Å². The standard InChI is InChI=1S/C22H19NO/c1-22(2)18-5-3-4-6-20(18)23-21-12-11-17(13-19(21)22)16-9-7-15(14-24)8-10-16/h3-14,23H,1-2H3. The van der Waals surface area contributed by atoms with Gasteiger partial charge in [-0.1, -0.05) is 62.4 Å². The Morgan fingerprint density at radius 2 is 1.46 bits per heavy atom. The first kappa shape index (κ1) is 14.7. The van der Waals surface area contributed by atoms with Crippen LogP contribution >= 0.6 is 0 Å². The van der Waals surface area contributed by atoms with Gasteiger partial charge in [0.05, 0.1) is 0 Å². The normalized spacial score (nSPS) is 14.2. The molecule has 24 heavy (non-hydrogen) atoms. The van der Waals surface area contributed by atoms with E-state index in [0.717, 1.165) is 17.5 Å². The molecule has 0 radical (unpaired) electrons. The van der Waals surface area contributed by atoms with E-state index in [2.05, 4.69) is 61.6 Å². The fourth-order valence-corrected chi connectivity index (χ4v) is 3.53. The Labute approximate surface area is 142 Å². The van der Waals surface area contributed by atoms with Gasteiger partial charge in [0.1, 0.15) is 6.29 Å². The molecule has 0 amide bonds. The summed E-state index contributed by atoms with van der Waals surface area (Å²) in [7, 11) is 0. The first-order valence-electron chi connectivity index (χ1n) is 8.16. The number of hydrogen-bond donors (Lipinski definition) is 1. The molecule has 1 aliphatic heterocycles. The largest absolute Gasteiger partial charge is 0.355 e. The van der Waals surface area contributed by atoms with Crippen molar-refractivity contribution in [1.82, 2.24) is 0 Å². The Morgan fingerprint density at radius 3 is 2.21 bits per heavy atom. The number of nitrogens with one attached hydrogen (secondary N) is 1. The highest BCUT2D eigenvalue weighted by atomic mass is 16.1. The highest BCUT2D eigenvalue weighted by Crippen LogP contribution is 2.46. The van der Waals surface area contributed by atoms with Crippen molar-refractivity contribution in [2.75, 3.05) is 5.32 Å². The van der Waals surface area contributed by atoms with Crippen LogP contribution in [-0.2, 0) is 5.41 Å². The predicted octanol–water partition coefficient (Wildman–Crippen LogP) is 5.55. The van der Waals surface area contributed by atoms with Crippen molar-refractivity contribution in [3.05, 3.63) is 83.4 Å². The van der Waals surface area contributed by atoms with Gasteiger partial charge in [-0.05, 0) is 40.5 Å². The van der Waals surface area contributed by atoms with Crippen LogP contribution in [0.2, 0.25) is 0 Å². The van der Waals surface area contributed by atoms with E-state index in [1.807, 2.05) is 24.3 Å². The second kappa shape index (κ2) is 5.34. The van der Waals surface area contributed by atoms with Crippen molar-refractivity contribution in [2.24, 2.45) is 0 Å². The molecule has 3 aromatic carbocycles. The topological polar surface area (TPSA) is 29.1 Å². The Kier molecular flexibility index (Phi) is 3.27. The lowest BCUT2D eigenvalue weighted by atomic mass is 9.73. The van der Waals surface area contributed by atoms with Gasteiger partial charge in [0.15, 0.2) is 0 Å². The third-order valence-electron chi connectivity index (χ3n) is 4.94. The SMILES string of the molecule is CC1(C)c2ccccc2Nc2ccc(-c3ccc(C=O)cc3)cc21. The maximum atomic E-state index is 10.8. The van der Waals surface area contributed by atoms with Crippen molar-refractivity contribution < 1.29 is 4.79 Å². The summed E-state index contributed by atoms with van der Waals surface area (Å²) in [6, 6.07) is 22.7. The number of aldehydes is 1. The monoisotopic (exact) mass is 313 g/mol. The molecule has 118 valence electrons. The van der Waals surface area contributed by atoms with Gasteiger partial charge < -0.3 is 5.32 Å². The maximum Gasteiger partial charge on any atom is 0.150 e. The van der Waals surface area contributed by atoms with Gasteiger partial charge in [0.25, 0.3) is 0 Å². The van der Waals surface area contributed by atoms with E-state index in [-0.39, 0.29) is 5.41 Å². The molecule has 0 spiro atoms. The second-order valence-electron chi connectivity index (χ2n) is 6.80. The highest BCUT2D eigenvalue weighted by Gasteiger charge is 2.32. The lowest BCUT2D eigenvalue weighted by molar-refractivity contribution is 0.112. The lowest BCUT2D eigenvalue weighted by Crippen LogP contribution is -2.25. The molecule has 0 saturated carbocycles. The first-order valence-corrected chi connectivity index (χ1v) is 8.16. The number of rotatable bonds is 2. The number of hydrogen-bond acceptors (Lipinski definition) is 2. The Morgan fingerprint density at radius 1 is 0.792 bits per heavy atom. The van der Waals surface area contributed by atoms with Gasteiger partial charge in [0, 0.05) is 22.4 Å². The molecular weight excluding hydrogens is 294 g/mol. The molecule has 0 unspecified atom stereocenters. The number of carbonyl (C=O) groups is 1. The van der Waals surface area contributed by atoms with Crippen molar-refractivity contribution in [2.45, 2.75) is 19.3 Å². The maximum absolute atomic E-state index is 10.8. The molecule has 0 saturated heterocycles. The van der Waals surface area contributed by atoms with Gasteiger partial charge in [-0.2, -0.15) is 0 Å². The van der Waals surface area contributed by atoms with Gasteiger partial charge in [0.2, 0.25) is 0 Å². The van der Waals surface area contributed by atoms with Crippen LogP contribution in [0.5, 0.6) is 0 Å². The molecule has 4 rings (SSSR count). The van der Waals surface area contributed by atoms with E-state index < -0.39 is 0 Å². The van der Waals surface area contributed by atoms with Crippen LogP contribution in [-0.4, -0.2) is 6.29 Å². The number of carbonyl (C=O) groups excluding carboxylic acids is 1. The van der Waals surface area contributed by atoms with Crippen LogP contribution in [0.15, 0.2) is 66.7 Å². The zero-order valence-electron chi connectivity index (χ0n) is 13.8. The Bertz CT molecular complexity index is 923. The first-order chi connectivity index (χ1) is 11.6. The molecule has 1 heterocycles. The molecule has 0 fully saturated rings. The summed E-state index contributed by atoms with van der Waals surface area (Å²) in [5.74, 6) is 0. The summed E-state index contributed by atoms with van der Waals surface area (Å²) >= 11 is 0. The molecule has 1 N–H and O–H groups in total. The number of anilines is 2. The average molecular weight is 313 g/mol. The van der Waals surface area contributed by atoms with E-state index in [4.69, 9.17) is 0 Å². The number of fused-ring (bicyclic) bond motifs is 2. The van der Waals surface area contributed by atoms with E-state index in [1.54, 1.807) is 0 Å². The fourth-order valence-electron chi connectivity index (χ4n) is 3.53. The summed E-state index contributed by atoms with van der Waals surface area (Å²) in [5, 5.41) is 3.55. The van der Waals surface area contributed by atoms with Crippen LogP contribution in [0.25, 0.3) is 11.1 Å². The van der Waals surface area contributed by atoms with Crippen molar-refractivity contribution >= 4 is 17.7 Å². The van der Waals surface area contributed by atoms with Crippen LogP contribution in [0, 0.1) is 0 Å². The van der Waals surface area contributed by atoms with Gasteiger partial charge in [-0.15, -0.1) is 0 Å². The number of para-hydroxylation sites is 1. The molecule has 0 aliphatic carbocycles. The predicted molar refractivity (Wildman–Crippen MR) is 99.1 cm³/mol. The molecule has 0 bridgehead atoms. The van der Waals surface area contributed by atoms with Gasteiger partial charge in [-0.25, -0.2) is 0 Å². The molecule has 2 nitrogen and oxygen atoms in total. The zero-order valence-corrected chi connectivity index (χ0v) is 13.8. The molecular formula is C22H19NO. The van der Waals surface area contributed by atoms with Crippen LogP contribution < -0.4 is 5.32 Å². The molecule has 0 aromatic heterocycles. The molecule has 2 heteroatoms. The lowest BCUT2D eigenvalue weighted by Gasteiger charge is -2.36. The fraction of sp³-hybridized carbons (Fsp3) is 0.136. The molecule has 0 atom stereocenters. The summed E-state index contributed by atoms with van der Waals surface area (Å²) in [6.45, 7) is 4.54. The van der Waals surface area contributed by atoms with Crippen molar-refractivity contribution in [3.63, 3.8) is 0 Å². The minimum absolute atomic E-state index is 0.0596. The quantitative estimate of drug-likeness (QED) is 0.628. The smallest absolute Gasteiger partial charge is 0.150 e. The van der Waals surface area contributed by atoms with Gasteiger partial charge in [-0.3, -0.25) is 4.79 Å². The average Bonchev–Trinajstić information content (AvgIpc) is 2.62. The third kappa shape index (κ3) is 2.23. The highest BCUT2D eigenvalue weighted by molar-refractivity contribution is 5.80. The molecule has 3 aromatic rings. The van der Waals surface area contributed by atoms with Crippen molar-refractivity contribution in [3.8, 4) is 11.1 Å². The third-order valence-corrected chi connectivity index (χ3v) is 4.94. The summed E-state index contributed by atoms with van der Waals surface area (Å²) in [4.78, 5) is 10.8. The number of benzene rings is 3. The Hall–Kier alpha value is -2.87. The summed E-state index contributed by atoms with van der Waals surface area (Å²) in [6.07, 6.45) is 0.876. The summed E-state index contributed by atoms with van der Waals surface area (Å²) < 4.78 is 0. The van der Waals surface area contributed by atoms with Crippen LogP contribution in [0.4, 0.5) is 11.4 Å². The van der Waals surface area contributed by atoms with E-state index in [0.29, 0.717) is 5.56 Å². The van der Waals surface area contributed by atoms with Gasteiger partial charge >= 0.3 is 0 Å². The minimum atomic E-state index is -0.0596. The zero-order chi connectivity index (χ0) is 16.7. The van der Waals surface area contributed by atoms with Crippen molar-refractivity contribution in [1.29, 1.82) is 0 Å². The van der Waals surface area contributed by atoms with E-state index in [1.165, 1.54) is 22.4 Å². The minimum Gasteiger partial charge on any atom is -0.355 e.